The Labute approximate surface area is 115 Å². The van der Waals surface area contributed by atoms with E-state index in [2.05, 4.69) is 19.2 Å². The summed E-state index contributed by atoms with van der Waals surface area (Å²) in [5.41, 5.74) is 0.577. The molecule has 2 atom stereocenters. The van der Waals surface area contributed by atoms with Gasteiger partial charge in [0.15, 0.2) is 0 Å². The maximum absolute atomic E-state index is 12.2. The molecule has 104 valence electrons. The van der Waals surface area contributed by atoms with Gasteiger partial charge in [-0.2, -0.15) is 0 Å². The summed E-state index contributed by atoms with van der Waals surface area (Å²) in [6.45, 7) is 5.02. The molecule has 19 heavy (non-hydrogen) atoms. The smallest absolute Gasteiger partial charge is 0.251 e. The summed E-state index contributed by atoms with van der Waals surface area (Å²) in [5.74, 6) is 0.0141. The quantitative estimate of drug-likeness (QED) is 0.904. The van der Waals surface area contributed by atoms with Gasteiger partial charge >= 0.3 is 0 Å². The van der Waals surface area contributed by atoms with Gasteiger partial charge in [0.25, 0.3) is 5.91 Å². The van der Waals surface area contributed by atoms with Gasteiger partial charge in [0.05, 0.1) is 6.10 Å². The lowest BCUT2D eigenvalue weighted by Crippen LogP contribution is -2.51. The molecule has 0 bridgehead atoms. The van der Waals surface area contributed by atoms with E-state index in [1.807, 2.05) is 30.3 Å². The molecule has 1 saturated heterocycles. The SMILES string of the molecule is CCCC1CC(C)(NC(=O)c2ccccc2)CCO1. The maximum atomic E-state index is 12.2. The molecule has 2 rings (SSSR count). The average molecular weight is 261 g/mol. The van der Waals surface area contributed by atoms with Crippen LogP contribution in [-0.2, 0) is 4.74 Å². The largest absolute Gasteiger partial charge is 0.378 e. The normalized spacial score (nSPS) is 26.9. The van der Waals surface area contributed by atoms with Crippen molar-refractivity contribution in [2.24, 2.45) is 0 Å². The minimum Gasteiger partial charge on any atom is -0.378 e. The van der Waals surface area contributed by atoms with Crippen molar-refractivity contribution in [3.63, 3.8) is 0 Å². The highest BCUT2D eigenvalue weighted by Gasteiger charge is 2.33. The Morgan fingerprint density at radius 2 is 2.16 bits per heavy atom. The van der Waals surface area contributed by atoms with Gasteiger partial charge in [0.1, 0.15) is 0 Å². The molecule has 1 amide bonds. The van der Waals surface area contributed by atoms with Gasteiger partial charge in [-0.05, 0) is 38.3 Å². The van der Waals surface area contributed by atoms with E-state index in [1.54, 1.807) is 0 Å². The Bertz CT molecular complexity index is 416. The van der Waals surface area contributed by atoms with E-state index in [9.17, 15) is 4.79 Å². The number of carbonyl (C=O) groups is 1. The Hall–Kier alpha value is -1.35. The van der Waals surface area contributed by atoms with Gasteiger partial charge in [-0.1, -0.05) is 31.5 Å². The predicted octanol–water partition coefficient (Wildman–Crippen LogP) is 3.15. The van der Waals surface area contributed by atoms with E-state index in [-0.39, 0.29) is 17.6 Å². The summed E-state index contributed by atoms with van der Waals surface area (Å²) in [4.78, 5) is 12.2. The van der Waals surface area contributed by atoms with Gasteiger partial charge in [-0.25, -0.2) is 0 Å². The lowest BCUT2D eigenvalue weighted by atomic mass is 9.87. The van der Waals surface area contributed by atoms with Crippen LogP contribution in [0.2, 0.25) is 0 Å². The van der Waals surface area contributed by atoms with Crippen LogP contribution in [0.3, 0.4) is 0 Å². The Morgan fingerprint density at radius 1 is 1.42 bits per heavy atom. The van der Waals surface area contributed by atoms with E-state index >= 15 is 0 Å². The molecule has 1 N–H and O–H groups in total. The maximum Gasteiger partial charge on any atom is 0.251 e. The number of hydrogen-bond donors (Lipinski definition) is 1. The van der Waals surface area contributed by atoms with Crippen LogP contribution in [0.1, 0.15) is 49.9 Å². The first-order valence-corrected chi connectivity index (χ1v) is 7.12. The molecule has 1 aromatic carbocycles. The van der Waals surface area contributed by atoms with Gasteiger partial charge in [-0.15, -0.1) is 0 Å². The first kappa shape index (κ1) is 14.1. The third-order valence-electron chi connectivity index (χ3n) is 3.75. The number of ether oxygens (including phenoxy) is 1. The topological polar surface area (TPSA) is 38.3 Å². The first-order valence-electron chi connectivity index (χ1n) is 7.12. The van der Waals surface area contributed by atoms with E-state index in [4.69, 9.17) is 4.74 Å². The minimum absolute atomic E-state index is 0.0141. The molecule has 1 aliphatic rings. The van der Waals surface area contributed by atoms with Crippen molar-refractivity contribution >= 4 is 5.91 Å². The van der Waals surface area contributed by atoms with Crippen molar-refractivity contribution < 1.29 is 9.53 Å². The fourth-order valence-corrected chi connectivity index (χ4v) is 2.67. The van der Waals surface area contributed by atoms with Crippen molar-refractivity contribution in [1.82, 2.24) is 5.32 Å². The monoisotopic (exact) mass is 261 g/mol. The van der Waals surface area contributed by atoms with Crippen LogP contribution in [0.15, 0.2) is 30.3 Å². The van der Waals surface area contributed by atoms with Crippen molar-refractivity contribution in [2.45, 2.75) is 51.2 Å². The number of hydrogen-bond acceptors (Lipinski definition) is 2. The van der Waals surface area contributed by atoms with E-state index in [0.717, 1.165) is 37.9 Å². The Morgan fingerprint density at radius 3 is 2.84 bits per heavy atom. The van der Waals surface area contributed by atoms with Crippen LogP contribution >= 0.6 is 0 Å². The lowest BCUT2D eigenvalue weighted by molar-refractivity contribution is -0.0261. The first-order chi connectivity index (χ1) is 9.13. The highest BCUT2D eigenvalue weighted by molar-refractivity contribution is 5.94. The summed E-state index contributed by atoms with van der Waals surface area (Å²) < 4.78 is 5.75. The molecule has 1 fully saturated rings. The molecule has 0 aromatic heterocycles. The molecular weight excluding hydrogens is 238 g/mol. The molecule has 0 saturated carbocycles. The molecule has 1 heterocycles. The predicted molar refractivity (Wildman–Crippen MR) is 76.2 cm³/mol. The highest BCUT2D eigenvalue weighted by atomic mass is 16.5. The van der Waals surface area contributed by atoms with Gasteiger partial charge < -0.3 is 10.1 Å². The molecule has 0 radical (unpaired) electrons. The van der Waals surface area contributed by atoms with Crippen molar-refractivity contribution in [2.75, 3.05) is 6.61 Å². The van der Waals surface area contributed by atoms with Crippen LogP contribution < -0.4 is 5.32 Å². The molecular formula is C16H23NO2. The fraction of sp³-hybridized carbons (Fsp3) is 0.562. The fourth-order valence-electron chi connectivity index (χ4n) is 2.67. The molecule has 0 spiro atoms. The summed E-state index contributed by atoms with van der Waals surface area (Å²) in [7, 11) is 0. The zero-order valence-electron chi connectivity index (χ0n) is 11.8. The number of benzene rings is 1. The lowest BCUT2D eigenvalue weighted by Gasteiger charge is -2.39. The number of amides is 1. The minimum atomic E-state index is -0.148. The van der Waals surface area contributed by atoms with Crippen molar-refractivity contribution in [3.05, 3.63) is 35.9 Å². The van der Waals surface area contributed by atoms with Crippen molar-refractivity contribution in [3.8, 4) is 0 Å². The summed E-state index contributed by atoms with van der Waals surface area (Å²) in [5, 5.41) is 3.18. The van der Waals surface area contributed by atoms with E-state index < -0.39 is 0 Å². The van der Waals surface area contributed by atoms with Crippen molar-refractivity contribution in [1.29, 1.82) is 0 Å². The second-order valence-corrected chi connectivity index (χ2v) is 5.62. The Kier molecular flexibility index (Phi) is 4.59. The van der Waals surface area contributed by atoms with E-state index in [0.29, 0.717) is 0 Å². The molecule has 3 nitrogen and oxygen atoms in total. The number of nitrogens with one attached hydrogen (secondary N) is 1. The number of carbonyl (C=O) groups excluding carboxylic acids is 1. The van der Waals surface area contributed by atoms with Crippen LogP contribution in [0.5, 0.6) is 0 Å². The second-order valence-electron chi connectivity index (χ2n) is 5.62. The summed E-state index contributed by atoms with van der Waals surface area (Å²) in [6.07, 6.45) is 4.25. The summed E-state index contributed by atoms with van der Waals surface area (Å²) in [6, 6.07) is 9.40. The second kappa shape index (κ2) is 6.20. The third-order valence-corrected chi connectivity index (χ3v) is 3.75. The van der Waals surface area contributed by atoms with Crippen LogP contribution in [0.25, 0.3) is 0 Å². The molecule has 1 aromatic rings. The van der Waals surface area contributed by atoms with Gasteiger partial charge in [0.2, 0.25) is 0 Å². The zero-order valence-corrected chi connectivity index (χ0v) is 11.8. The van der Waals surface area contributed by atoms with Crippen LogP contribution in [0, 0.1) is 0 Å². The third kappa shape index (κ3) is 3.80. The standard InChI is InChI=1S/C16H23NO2/c1-3-7-14-12-16(2,10-11-19-14)17-15(18)13-8-5-4-6-9-13/h4-6,8-9,14H,3,7,10-12H2,1-2H3,(H,17,18). The zero-order chi connectivity index (χ0) is 13.7. The highest BCUT2D eigenvalue weighted by Crippen LogP contribution is 2.27. The summed E-state index contributed by atoms with van der Waals surface area (Å²) >= 11 is 0. The molecule has 3 heteroatoms. The van der Waals surface area contributed by atoms with Gasteiger partial charge in [0, 0.05) is 17.7 Å². The van der Waals surface area contributed by atoms with Crippen LogP contribution in [0.4, 0.5) is 0 Å². The number of rotatable bonds is 4. The Balaban J connectivity index is 1.99. The van der Waals surface area contributed by atoms with Crippen LogP contribution in [-0.4, -0.2) is 24.2 Å². The van der Waals surface area contributed by atoms with Gasteiger partial charge in [-0.3, -0.25) is 4.79 Å². The average Bonchev–Trinajstić information content (AvgIpc) is 2.39. The molecule has 2 unspecified atom stereocenters. The van der Waals surface area contributed by atoms with E-state index in [1.165, 1.54) is 0 Å². The molecule has 0 aliphatic carbocycles. The molecule has 1 aliphatic heterocycles.